The molecule has 4 rings (SSSR count). The average molecular weight is 425 g/mol. The third-order valence-electron chi connectivity index (χ3n) is 4.29. The van der Waals surface area contributed by atoms with E-state index in [1.807, 2.05) is 24.5 Å². The smallest absolute Gasteiger partial charge is 0.375 e. The number of furan rings is 1. The number of hydrogen-bond acceptors (Lipinski definition) is 9. The summed E-state index contributed by atoms with van der Waals surface area (Å²) in [5.41, 5.74) is 1.87. The van der Waals surface area contributed by atoms with Crippen molar-refractivity contribution in [3.8, 4) is 11.5 Å². The number of carbonyl (C=O) groups is 1. The Bertz CT molecular complexity index is 1210. The fourth-order valence-electron chi connectivity index (χ4n) is 2.90. The number of benzene rings is 2. The van der Waals surface area contributed by atoms with E-state index in [9.17, 15) is 14.9 Å². The highest BCUT2D eigenvalue weighted by molar-refractivity contribution is 7.97. The minimum atomic E-state index is -0.620. The molecule has 0 aliphatic heterocycles. The van der Waals surface area contributed by atoms with Gasteiger partial charge in [0.25, 0.3) is 11.6 Å². The van der Waals surface area contributed by atoms with E-state index in [4.69, 9.17) is 13.6 Å². The van der Waals surface area contributed by atoms with Crippen molar-refractivity contribution in [1.29, 1.82) is 0 Å². The van der Waals surface area contributed by atoms with Gasteiger partial charge in [-0.1, -0.05) is 18.2 Å². The molecule has 2 heterocycles. The molecular weight excluding hydrogens is 410 g/mol. The zero-order valence-electron chi connectivity index (χ0n) is 15.7. The first-order chi connectivity index (χ1) is 14.6. The van der Waals surface area contributed by atoms with Crippen molar-refractivity contribution in [2.75, 3.05) is 6.26 Å². The van der Waals surface area contributed by atoms with Crippen LogP contribution in [0.15, 0.2) is 57.4 Å². The number of carbonyl (C=O) groups excluding carboxylic acids is 1. The standard InChI is InChI=1S/C20H15N3O6S/c1-30-11-15-14-4-2-3-5-16(14)28-18(15)20(24)27-10-17-21-22-19(29-17)12-6-8-13(9-7-12)23(25)26/h2-9H,10-11H2,1H3. The van der Waals surface area contributed by atoms with Crippen molar-refractivity contribution < 1.29 is 23.3 Å². The molecule has 0 saturated heterocycles. The molecule has 0 aliphatic rings. The second kappa shape index (κ2) is 8.37. The highest BCUT2D eigenvalue weighted by atomic mass is 32.2. The Hall–Kier alpha value is -3.66. The van der Waals surface area contributed by atoms with E-state index in [0.29, 0.717) is 16.9 Å². The number of non-ortho nitro benzene ring substituents is 1. The van der Waals surface area contributed by atoms with Crippen molar-refractivity contribution in [3.63, 3.8) is 0 Å². The van der Waals surface area contributed by atoms with Gasteiger partial charge in [0, 0.05) is 34.4 Å². The summed E-state index contributed by atoms with van der Waals surface area (Å²) in [7, 11) is 0. The van der Waals surface area contributed by atoms with Gasteiger partial charge in [0.15, 0.2) is 6.61 Å². The Labute approximate surface area is 174 Å². The van der Waals surface area contributed by atoms with Crippen LogP contribution in [0.2, 0.25) is 0 Å². The van der Waals surface area contributed by atoms with Gasteiger partial charge in [0.1, 0.15) is 5.58 Å². The zero-order chi connectivity index (χ0) is 21.1. The number of ether oxygens (including phenoxy) is 1. The first-order valence-electron chi connectivity index (χ1n) is 8.80. The molecule has 0 fully saturated rings. The molecule has 0 spiro atoms. The maximum Gasteiger partial charge on any atom is 0.375 e. The molecule has 0 bridgehead atoms. The van der Waals surface area contributed by atoms with Crippen LogP contribution in [-0.2, 0) is 17.1 Å². The Morgan fingerprint density at radius 1 is 1.13 bits per heavy atom. The maximum atomic E-state index is 12.6. The molecule has 4 aromatic rings. The molecule has 30 heavy (non-hydrogen) atoms. The number of esters is 1. The monoisotopic (exact) mass is 425 g/mol. The average Bonchev–Trinajstić information content (AvgIpc) is 3.38. The molecule has 2 aromatic heterocycles. The molecule has 9 nitrogen and oxygen atoms in total. The van der Waals surface area contributed by atoms with Gasteiger partial charge < -0.3 is 13.6 Å². The van der Waals surface area contributed by atoms with Crippen molar-refractivity contribution >= 4 is 34.4 Å². The van der Waals surface area contributed by atoms with E-state index in [-0.39, 0.29) is 29.8 Å². The van der Waals surface area contributed by atoms with Gasteiger partial charge in [0.05, 0.1) is 4.92 Å². The summed E-state index contributed by atoms with van der Waals surface area (Å²) in [5, 5.41) is 19.4. The molecule has 2 aromatic carbocycles. The minimum Gasteiger partial charge on any atom is -0.450 e. The van der Waals surface area contributed by atoms with Crippen LogP contribution in [0, 0.1) is 10.1 Å². The topological polar surface area (TPSA) is 122 Å². The lowest BCUT2D eigenvalue weighted by Crippen LogP contribution is -2.06. The van der Waals surface area contributed by atoms with E-state index in [0.717, 1.165) is 10.9 Å². The van der Waals surface area contributed by atoms with E-state index < -0.39 is 10.9 Å². The lowest BCUT2D eigenvalue weighted by atomic mass is 10.1. The van der Waals surface area contributed by atoms with Crippen molar-refractivity contribution in [2.45, 2.75) is 12.4 Å². The van der Waals surface area contributed by atoms with Crippen LogP contribution >= 0.6 is 11.8 Å². The first-order valence-corrected chi connectivity index (χ1v) is 10.2. The highest BCUT2D eigenvalue weighted by Crippen LogP contribution is 2.29. The predicted molar refractivity (Wildman–Crippen MR) is 109 cm³/mol. The number of hydrogen-bond donors (Lipinski definition) is 0. The van der Waals surface area contributed by atoms with E-state index in [2.05, 4.69) is 10.2 Å². The number of rotatable bonds is 7. The van der Waals surface area contributed by atoms with Gasteiger partial charge in [-0.3, -0.25) is 10.1 Å². The van der Waals surface area contributed by atoms with Crippen LogP contribution in [0.25, 0.3) is 22.4 Å². The van der Waals surface area contributed by atoms with Crippen LogP contribution in [0.3, 0.4) is 0 Å². The van der Waals surface area contributed by atoms with Gasteiger partial charge in [-0.15, -0.1) is 10.2 Å². The van der Waals surface area contributed by atoms with Crippen LogP contribution in [0.4, 0.5) is 5.69 Å². The summed E-state index contributed by atoms with van der Waals surface area (Å²) in [5.74, 6) is 0.403. The van der Waals surface area contributed by atoms with Crippen LogP contribution in [0.5, 0.6) is 0 Å². The molecule has 0 unspecified atom stereocenters. The fraction of sp³-hybridized carbons (Fsp3) is 0.150. The number of nitro benzene ring substituents is 1. The summed E-state index contributed by atoms with van der Waals surface area (Å²) in [6.07, 6.45) is 1.94. The molecular formula is C20H15N3O6S. The van der Waals surface area contributed by atoms with Gasteiger partial charge in [0.2, 0.25) is 11.7 Å². The normalized spacial score (nSPS) is 11.0. The van der Waals surface area contributed by atoms with E-state index in [1.165, 1.54) is 24.3 Å². The Morgan fingerprint density at radius 3 is 2.63 bits per heavy atom. The Balaban J connectivity index is 1.48. The quantitative estimate of drug-likeness (QED) is 0.237. The third kappa shape index (κ3) is 3.90. The molecule has 0 N–H and O–H groups in total. The van der Waals surface area contributed by atoms with Crippen LogP contribution in [-0.4, -0.2) is 27.3 Å². The molecule has 152 valence electrons. The van der Waals surface area contributed by atoms with E-state index in [1.54, 1.807) is 17.8 Å². The predicted octanol–water partition coefficient (Wildman–Crippen LogP) is 4.61. The number of aromatic nitrogens is 2. The fourth-order valence-corrected chi connectivity index (χ4v) is 3.47. The number of fused-ring (bicyclic) bond motifs is 1. The summed E-state index contributed by atoms with van der Waals surface area (Å²) in [6, 6.07) is 13.1. The third-order valence-corrected chi connectivity index (χ3v) is 4.87. The largest absolute Gasteiger partial charge is 0.450 e. The summed E-state index contributed by atoms with van der Waals surface area (Å²) in [4.78, 5) is 22.8. The zero-order valence-corrected chi connectivity index (χ0v) is 16.5. The van der Waals surface area contributed by atoms with Gasteiger partial charge in [-0.2, -0.15) is 11.8 Å². The molecule has 0 radical (unpaired) electrons. The Kier molecular flexibility index (Phi) is 5.48. The Morgan fingerprint density at radius 2 is 1.90 bits per heavy atom. The van der Waals surface area contributed by atoms with Gasteiger partial charge in [-0.25, -0.2) is 4.79 Å². The minimum absolute atomic E-state index is 0.0423. The number of para-hydroxylation sites is 1. The summed E-state index contributed by atoms with van der Waals surface area (Å²) in [6.45, 7) is -0.228. The summed E-state index contributed by atoms with van der Waals surface area (Å²) < 4.78 is 16.5. The highest BCUT2D eigenvalue weighted by Gasteiger charge is 2.22. The second-order valence-corrected chi connectivity index (χ2v) is 7.09. The molecule has 0 amide bonds. The van der Waals surface area contributed by atoms with Crippen molar-refractivity contribution in [3.05, 3.63) is 75.9 Å². The molecule has 0 saturated carbocycles. The van der Waals surface area contributed by atoms with Crippen molar-refractivity contribution in [1.82, 2.24) is 10.2 Å². The lowest BCUT2D eigenvalue weighted by molar-refractivity contribution is -0.384. The van der Waals surface area contributed by atoms with E-state index >= 15 is 0 Å². The molecule has 0 aliphatic carbocycles. The summed E-state index contributed by atoms with van der Waals surface area (Å²) >= 11 is 1.57. The van der Waals surface area contributed by atoms with Crippen LogP contribution < -0.4 is 0 Å². The molecule has 0 atom stereocenters. The maximum absolute atomic E-state index is 12.6. The van der Waals surface area contributed by atoms with Gasteiger partial charge >= 0.3 is 5.97 Å². The number of nitro groups is 1. The van der Waals surface area contributed by atoms with Crippen LogP contribution in [0.1, 0.15) is 22.0 Å². The van der Waals surface area contributed by atoms with Crippen molar-refractivity contribution in [2.24, 2.45) is 0 Å². The number of nitrogens with zero attached hydrogens (tertiary/aromatic N) is 3. The lowest BCUT2D eigenvalue weighted by Gasteiger charge is -2.02. The second-order valence-electron chi connectivity index (χ2n) is 6.22. The molecule has 10 heteroatoms. The SMILES string of the molecule is CSCc1c(C(=O)OCc2nnc(-c3ccc([N+](=O)[O-])cc3)o2)oc2ccccc12. The number of thioether (sulfide) groups is 1. The van der Waals surface area contributed by atoms with Gasteiger partial charge in [-0.05, 0) is 24.5 Å². The first kappa shape index (κ1) is 19.6.